The lowest BCUT2D eigenvalue weighted by molar-refractivity contribution is 0.476. The number of allylic oxidation sites excluding steroid dienone is 2. The Morgan fingerprint density at radius 3 is 2.46 bits per heavy atom. The minimum Gasteiger partial charge on any atom is -0.465 e. The molecule has 0 aliphatic heterocycles. The number of hydrogen-bond donors (Lipinski definition) is 0. The maximum Gasteiger partial charge on any atom is 0.127 e. The molecule has 0 radical (unpaired) electrons. The SMILES string of the molecule is CCC(C=Cc1ccc(F)cc1)=COc1ccc2ccccc2c1. The molecule has 0 aromatic heterocycles. The van der Waals surface area contributed by atoms with E-state index < -0.39 is 0 Å². The van der Waals surface area contributed by atoms with Gasteiger partial charge in [-0.3, -0.25) is 0 Å². The molecule has 2 heteroatoms. The quantitative estimate of drug-likeness (QED) is 0.392. The van der Waals surface area contributed by atoms with Gasteiger partial charge in [0.25, 0.3) is 0 Å². The third kappa shape index (κ3) is 4.11. The van der Waals surface area contributed by atoms with Gasteiger partial charge in [0.05, 0.1) is 6.26 Å². The summed E-state index contributed by atoms with van der Waals surface area (Å²) in [4.78, 5) is 0. The number of ether oxygens (including phenoxy) is 1. The van der Waals surface area contributed by atoms with E-state index in [1.807, 2.05) is 36.4 Å². The molecule has 0 N–H and O–H groups in total. The van der Waals surface area contributed by atoms with Gasteiger partial charge in [-0.2, -0.15) is 0 Å². The maximum absolute atomic E-state index is 12.9. The first-order valence-corrected chi connectivity index (χ1v) is 8.03. The van der Waals surface area contributed by atoms with Gasteiger partial charge in [0, 0.05) is 0 Å². The largest absolute Gasteiger partial charge is 0.465 e. The summed E-state index contributed by atoms with van der Waals surface area (Å²) in [5.74, 6) is 0.591. The van der Waals surface area contributed by atoms with Crippen LogP contribution in [0.2, 0.25) is 0 Å². The van der Waals surface area contributed by atoms with Gasteiger partial charge in [-0.25, -0.2) is 4.39 Å². The van der Waals surface area contributed by atoms with Crippen molar-refractivity contribution >= 4 is 16.8 Å². The van der Waals surface area contributed by atoms with Crippen LogP contribution in [-0.2, 0) is 0 Å². The predicted octanol–water partition coefficient (Wildman–Crippen LogP) is 6.37. The smallest absolute Gasteiger partial charge is 0.127 e. The Kier molecular flexibility index (Phi) is 5.07. The summed E-state index contributed by atoms with van der Waals surface area (Å²) in [5, 5.41) is 2.35. The minimum absolute atomic E-state index is 0.224. The number of hydrogen-bond acceptors (Lipinski definition) is 1. The normalized spacial score (nSPS) is 12.0. The molecule has 0 bridgehead atoms. The van der Waals surface area contributed by atoms with Crippen molar-refractivity contribution in [2.45, 2.75) is 13.3 Å². The molecule has 0 heterocycles. The van der Waals surface area contributed by atoms with Gasteiger partial charge in [0.15, 0.2) is 0 Å². The molecule has 0 fully saturated rings. The summed E-state index contributed by atoms with van der Waals surface area (Å²) in [5.41, 5.74) is 2.02. The summed E-state index contributed by atoms with van der Waals surface area (Å²) < 4.78 is 18.7. The zero-order chi connectivity index (χ0) is 16.8. The Labute approximate surface area is 141 Å². The first kappa shape index (κ1) is 16.0. The monoisotopic (exact) mass is 318 g/mol. The molecule has 0 atom stereocenters. The highest BCUT2D eigenvalue weighted by Gasteiger charge is 1.97. The number of fused-ring (bicyclic) bond motifs is 1. The maximum atomic E-state index is 12.9. The van der Waals surface area contributed by atoms with Crippen molar-refractivity contribution in [1.82, 2.24) is 0 Å². The average molecular weight is 318 g/mol. The molecule has 3 rings (SSSR count). The van der Waals surface area contributed by atoms with Crippen molar-refractivity contribution in [2.24, 2.45) is 0 Å². The van der Waals surface area contributed by atoms with Crippen molar-refractivity contribution in [2.75, 3.05) is 0 Å². The Bertz CT molecular complexity index is 876. The second-order valence-corrected chi connectivity index (χ2v) is 5.56. The van der Waals surface area contributed by atoms with E-state index in [0.29, 0.717) is 0 Å². The average Bonchev–Trinajstić information content (AvgIpc) is 2.63. The van der Waals surface area contributed by atoms with E-state index in [9.17, 15) is 4.39 Å². The van der Waals surface area contributed by atoms with Crippen LogP contribution in [0.4, 0.5) is 4.39 Å². The Balaban J connectivity index is 1.73. The van der Waals surface area contributed by atoms with E-state index in [-0.39, 0.29) is 5.82 Å². The molecule has 0 amide bonds. The third-order valence-electron chi connectivity index (χ3n) is 3.84. The zero-order valence-corrected chi connectivity index (χ0v) is 13.6. The van der Waals surface area contributed by atoms with Crippen LogP contribution in [0.15, 0.2) is 84.6 Å². The van der Waals surface area contributed by atoms with Crippen LogP contribution in [0, 0.1) is 5.82 Å². The minimum atomic E-state index is -0.224. The van der Waals surface area contributed by atoms with E-state index in [0.717, 1.165) is 28.7 Å². The van der Waals surface area contributed by atoms with Crippen molar-refractivity contribution in [3.63, 3.8) is 0 Å². The van der Waals surface area contributed by atoms with Crippen LogP contribution in [0.3, 0.4) is 0 Å². The highest BCUT2D eigenvalue weighted by molar-refractivity contribution is 5.83. The molecule has 120 valence electrons. The molecule has 3 aromatic carbocycles. The van der Waals surface area contributed by atoms with E-state index in [2.05, 4.69) is 25.1 Å². The van der Waals surface area contributed by atoms with Crippen LogP contribution in [0.1, 0.15) is 18.9 Å². The molecule has 1 nitrogen and oxygen atoms in total. The fourth-order valence-electron chi connectivity index (χ4n) is 2.40. The van der Waals surface area contributed by atoms with Gasteiger partial charge >= 0.3 is 0 Å². The Morgan fingerprint density at radius 1 is 0.958 bits per heavy atom. The number of halogens is 1. The lowest BCUT2D eigenvalue weighted by Crippen LogP contribution is -1.86. The molecule has 3 aromatic rings. The van der Waals surface area contributed by atoms with Crippen LogP contribution in [-0.4, -0.2) is 0 Å². The van der Waals surface area contributed by atoms with E-state index in [1.165, 1.54) is 17.5 Å². The molecular weight excluding hydrogens is 299 g/mol. The molecular formula is C22H19FO. The van der Waals surface area contributed by atoms with Crippen molar-refractivity contribution in [3.05, 3.63) is 96.0 Å². The van der Waals surface area contributed by atoms with Gasteiger partial charge in [0.1, 0.15) is 11.6 Å². The van der Waals surface area contributed by atoms with Crippen LogP contribution < -0.4 is 4.74 Å². The predicted molar refractivity (Wildman–Crippen MR) is 98.4 cm³/mol. The fourth-order valence-corrected chi connectivity index (χ4v) is 2.40. The number of rotatable bonds is 5. The first-order chi connectivity index (χ1) is 11.7. The van der Waals surface area contributed by atoms with Crippen LogP contribution in [0.5, 0.6) is 5.75 Å². The topological polar surface area (TPSA) is 9.23 Å². The molecule has 0 aliphatic carbocycles. The lowest BCUT2D eigenvalue weighted by Gasteiger charge is -2.04. The van der Waals surface area contributed by atoms with E-state index >= 15 is 0 Å². The number of benzene rings is 3. The molecule has 0 spiro atoms. The lowest BCUT2D eigenvalue weighted by atomic mass is 10.1. The van der Waals surface area contributed by atoms with Crippen molar-refractivity contribution in [1.29, 1.82) is 0 Å². The summed E-state index contributed by atoms with van der Waals surface area (Å²) in [6, 6.07) is 20.7. The highest BCUT2D eigenvalue weighted by atomic mass is 19.1. The summed E-state index contributed by atoms with van der Waals surface area (Å²) in [6.07, 6.45) is 6.57. The highest BCUT2D eigenvalue weighted by Crippen LogP contribution is 2.21. The summed E-state index contributed by atoms with van der Waals surface area (Å²) in [7, 11) is 0. The molecule has 24 heavy (non-hydrogen) atoms. The fraction of sp³-hybridized carbons (Fsp3) is 0.0909. The first-order valence-electron chi connectivity index (χ1n) is 8.03. The Morgan fingerprint density at radius 2 is 1.71 bits per heavy atom. The van der Waals surface area contributed by atoms with Crippen LogP contribution in [0.25, 0.3) is 16.8 Å². The van der Waals surface area contributed by atoms with Gasteiger partial charge in [0.2, 0.25) is 0 Å². The summed E-state index contributed by atoms with van der Waals surface area (Å²) in [6.45, 7) is 2.07. The van der Waals surface area contributed by atoms with Crippen molar-refractivity contribution in [3.8, 4) is 5.75 Å². The van der Waals surface area contributed by atoms with Gasteiger partial charge < -0.3 is 4.74 Å². The van der Waals surface area contributed by atoms with E-state index in [4.69, 9.17) is 4.74 Å². The van der Waals surface area contributed by atoms with Gasteiger partial charge in [-0.15, -0.1) is 0 Å². The van der Waals surface area contributed by atoms with Gasteiger partial charge in [-0.05, 0) is 52.6 Å². The molecule has 0 aliphatic rings. The second-order valence-electron chi connectivity index (χ2n) is 5.56. The third-order valence-corrected chi connectivity index (χ3v) is 3.84. The standard InChI is InChI=1S/C22H19FO/c1-2-17(7-8-18-9-12-21(23)13-10-18)16-24-22-14-11-19-5-3-4-6-20(19)15-22/h3-16H,2H2,1H3. The summed E-state index contributed by atoms with van der Waals surface area (Å²) >= 11 is 0. The molecule has 0 saturated heterocycles. The van der Waals surface area contributed by atoms with Gasteiger partial charge in [-0.1, -0.05) is 61.5 Å². The molecule has 0 saturated carbocycles. The second kappa shape index (κ2) is 7.60. The van der Waals surface area contributed by atoms with E-state index in [1.54, 1.807) is 18.4 Å². The molecule has 0 unspecified atom stereocenters. The Hall–Kier alpha value is -2.87. The van der Waals surface area contributed by atoms with Crippen molar-refractivity contribution < 1.29 is 9.13 Å². The zero-order valence-electron chi connectivity index (χ0n) is 13.6. The van der Waals surface area contributed by atoms with Crippen LogP contribution >= 0.6 is 0 Å².